The Hall–Kier alpha value is -2.10. The fraction of sp³-hybridized carbons (Fsp3) is 0.455. The largest absolute Gasteiger partial charge is 0.323 e. The Labute approximate surface area is 181 Å². The summed E-state index contributed by atoms with van der Waals surface area (Å²) in [6, 6.07) is 7.63. The number of thioether (sulfide) groups is 1. The average molecular weight is 429 g/mol. The van der Waals surface area contributed by atoms with Crippen molar-refractivity contribution < 1.29 is 4.79 Å². The maximum absolute atomic E-state index is 12.3. The fourth-order valence-electron chi connectivity index (χ4n) is 3.59. The van der Waals surface area contributed by atoms with Gasteiger partial charge < -0.3 is 5.32 Å². The van der Waals surface area contributed by atoms with Crippen LogP contribution in [0, 0.1) is 22.7 Å². The quantitative estimate of drug-likeness (QED) is 0.500. The smallest absolute Gasteiger partial charge is 0.234 e. The zero-order valence-corrected chi connectivity index (χ0v) is 18.5. The second-order valence-corrected chi connectivity index (χ2v) is 9.34. The van der Waals surface area contributed by atoms with Gasteiger partial charge in [-0.1, -0.05) is 50.6 Å². The van der Waals surface area contributed by atoms with Crippen LogP contribution in [-0.4, -0.2) is 21.6 Å². The van der Waals surface area contributed by atoms with Gasteiger partial charge in [0, 0.05) is 11.9 Å². The molecule has 0 bridgehead atoms. The first-order chi connectivity index (χ1) is 13.8. The summed E-state index contributed by atoms with van der Waals surface area (Å²) in [4.78, 5) is 21.0. The van der Waals surface area contributed by atoms with E-state index in [1.54, 1.807) is 18.3 Å². The van der Waals surface area contributed by atoms with Crippen molar-refractivity contribution in [3.05, 3.63) is 46.4 Å². The molecule has 3 rings (SSSR count). The normalized spacial score (nSPS) is 16.0. The number of halogens is 1. The highest BCUT2D eigenvalue weighted by Crippen LogP contribution is 2.40. The first kappa shape index (κ1) is 21.6. The molecule has 2 heterocycles. The fourth-order valence-corrected chi connectivity index (χ4v) is 4.53. The third-order valence-corrected chi connectivity index (χ3v) is 7.15. The van der Waals surface area contributed by atoms with Crippen LogP contribution in [0.3, 0.4) is 0 Å². The van der Waals surface area contributed by atoms with Crippen LogP contribution in [0.2, 0.25) is 5.15 Å². The minimum atomic E-state index is -0.210. The predicted molar refractivity (Wildman–Crippen MR) is 117 cm³/mol. The Morgan fingerprint density at radius 1 is 1.48 bits per heavy atom. The summed E-state index contributed by atoms with van der Waals surface area (Å²) in [5.74, 6) is 0.539. The highest BCUT2D eigenvalue weighted by molar-refractivity contribution is 8.00. The molecule has 152 valence electrons. The molecule has 1 unspecified atom stereocenters. The van der Waals surface area contributed by atoms with E-state index in [1.807, 2.05) is 6.07 Å². The van der Waals surface area contributed by atoms with E-state index in [-0.39, 0.29) is 22.2 Å². The van der Waals surface area contributed by atoms with E-state index < -0.39 is 0 Å². The van der Waals surface area contributed by atoms with Gasteiger partial charge in [-0.3, -0.25) is 4.79 Å². The third kappa shape index (κ3) is 5.09. The van der Waals surface area contributed by atoms with Gasteiger partial charge in [-0.25, -0.2) is 9.97 Å². The molecule has 0 radical (unpaired) electrons. The van der Waals surface area contributed by atoms with Gasteiger partial charge in [0.05, 0.1) is 17.0 Å². The van der Waals surface area contributed by atoms with Crippen molar-refractivity contribution in [3.8, 4) is 6.07 Å². The lowest BCUT2D eigenvalue weighted by atomic mass is 9.69. The van der Waals surface area contributed by atoms with Crippen LogP contribution in [0.1, 0.15) is 50.4 Å². The number of aromatic nitrogens is 2. The molecule has 0 aromatic carbocycles. The summed E-state index contributed by atoms with van der Waals surface area (Å²) >= 11 is 7.26. The molecule has 1 aliphatic rings. The molecular weight excluding hydrogens is 404 g/mol. The van der Waals surface area contributed by atoms with Crippen LogP contribution >= 0.6 is 23.4 Å². The Morgan fingerprint density at radius 2 is 2.28 bits per heavy atom. The van der Waals surface area contributed by atoms with E-state index in [4.69, 9.17) is 16.6 Å². The lowest BCUT2D eigenvalue weighted by Gasteiger charge is -2.37. The Morgan fingerprint density at radius 3 is 2.97 bits per heavy atom. The lowest BCUT2D eigenvalue weighted by Crippen LogP contribution is -2.29. The van der Waals surface area contributed by atoms with Crippen LogP contribution in [0.15, 0.2) is 29.4 Å². The van der Waals surface area contributed by atoms with Crippen molar-refractivity contribution in [3.63, 3.8) is 0 Å². The molecule has 2 aromatic rings. The van der Waals surface area contributed by atoms with Crippen LogP contribution in [0.5, 0.6) is 0 Å². The Bertz CT molecular complexity index is 954. The average Bonchev–Trinajstić information content (AvgIpc) is 2.72. The minimum absolute atomic E-state index is 0.150. The molecular formula is C22H25ClN4OS. The van der Waals surface area contributed by atoms with E-state index in [1.165, 1.54) is 17.3 Å². The van der Waals surface area contributed by atoms with Crippen LogP contribution in [0.25, 0.3) is 0 Å². The van der Waals surface area contributed by atoms with E-state index in [9.17, 15) is 10.1 Å². The number of carbonyl (C=O) groups is 1. The lowest BCUT2D eigenvalue weighted by molar-refractivity contribution is -0.113. The van der Waals surface area contributed by atoms with E-state index >= 15 is 0 Å². The first-order valence-electron chi connectivity index (χ1n) is 9.80. The van der Waals surface area contributed by atoms with Gasteiger partial charge in [0.2, 0.25) is 5.91 Å². The minimum Gasteiger partial charge on any atom is -0.323 e. The molecule has 0 fully saturated rings. The maximum Gasteiger partial charge on any atom is 0.234 e. The molecule has 2 aromatic heterocycles. The van der Waals surface area contributed by atoms with E-state index in [0.717, 1.165) is 31.4 Å². The summed E-state index contributed by atoms with van der Waals surface area (Å²) in [6.07, 6.45) is 5.69. The molecule has 1 N–H and O–H groups in total. The molecule has 1 aliphatic carbocycles. The van der Waals surface area contributed by atoms with Gasteiger partial charge in [-0.15, -0.1) is 0 Å². The number of pyridine rings is 2. The molecule has 0 aliphatic heterocycles. The Balaban J connectivity index is 1.71. The summed E-state index contributed by atoms with van der Waals surface area (Å²) in [6.45, 7) is 6.87. The highest BCUT2D eigenvalue weighted by atomic mass is 35.5. The Kier molecular flexibility index (Phi) is 6.81. The first-order valence-corrected chi connectivity index (χ1v) is 11.2. The molecule has 5 nitrogen and oxygen atoms in total. The number of nitrogens with zero attached hydrogens (tertiary/aromatic N) is 3. The number of carbonyl (C=O) groups excluding carboxylic acids is 1. The molecule has 0 saturated carbocycles. The summed E-state index contributed by atoms with van der Waals surface area (Å²) in [5.41, 5.74) is 3.53. The van der Waals surface area contributed by atoms with Gasteiger partial charge in [0.1, 0.15) is 11.1 Å². The van der Waals surface area contributed by atoms with E-state index in [2.05, 4.69) is 37.1 Å². The number of nitrogens with one attached hydrogen (secondary N) is 1. The standard InChI is InChI=1S/C22H25ClN4OS/c1-4-22(2,3)16-7-8-17-14(11-16)10-15(12-24)21(27-17)29-13-19(28)26-18-6-5-9-25-20(18)23/h5-6,9-10,16H,4,7-8,11,13H2,1-3H3,(H,26,28). The highest BCUT2D eigenvalue weighted by Gasteiger charge is 2.32. The summed E-state index contributed by atoms with van der Waals surface area (Å²) in [7, 11) is 0. The number of hydrogen-bond acceptors (Lipinski definition) is 5. The van der Waals surface area contributed by atoms with Crippen molar-refractivity contribution in [2.45, 2.75) is 51.5 Å². The molecule has 0 spiro atoms. The van der Waals surface area contributed by atoms with Crippen LogP contribution in [-0.2, 0) is 17.6 Å². The second kappa shape index (κ2) is 9.15. The van der Waals surface area contributed by atoms with Crippen molar-refractivity contribution in [2.75, 3.05) is 11.1 Å². The van der Waals surface area contributed by atoms with Crippen LogP contribution < -0.4 is 5.32 Å². The predicted octanol–water partition coefficient (Wildman–Crippen LogP) is 5.27. The van der Waals surface area contributed by atoms with Crippen LogP contribution in [0.4, 0.5) is 5.69 Å². The van der Waals surface area contributed by atoms with E-state index in [0.29, 0.717) is 22.2 Å². The number of amides is 1. The monoisotopic (exact) mass is 428 g/mol. The zero-order valence-electron chi connectivity index (χ0n) is 17.0. The van der Waals surface area contributed by atoms with Crippen molar-refractivity contribution in [2.24, 2.45) is 11.3 Å². The molecule has 1 amide bonds. The second-order valence-electron chi connectivity index (χ2n) is 8.02. The van der Waals surface area contributed by atoms with Gasteiger partial charge in [0.15, 0.2) is 5.15 Å². The number of fused-ring (bicyclic) bond motifs is 1. The van der Waals surface area contributed by atoms with Crippen molar-refractivity contribution in [1.29, 1.82) is 5.26 Å². The SMILES string of the molecule is CCC(C)(C)C1CCc2nc(SCC(=O)Nc3cccnc3Cl)c(C#N)cc2C1. The number of anilines is 1. The number of aryl methyl sites for hydroxylation is 1. The van der Waals surface area contributed by atoms with Gasteiger partial charge in [-0.2, -0.15) is 5.26 Å². The molecule has 0 saturated heterocycles. The number of rotatable bonds is 6. The number of hydrogen-bond donors (Lipinski definition) is 1. The molecule has 7 heteroatoms. The van der Waals surface area contributed by atoms with Gasteiger partial charge in [-0.05, 0) is 54.4 Å². The molecule has 1 atom stereocenters. The third-order valence-electron chi connectivity index (χ3n) is 5.86. The van der Waals surface area contributed by atoms with Crippen molar-refractivity contribution in [1.82, 2.24) is 9.97 Å². The van der Waals surface area contributed by atoms with Crippen molar-refractivity contribution >= 4 is 35.0 Å². The van der Waals surface area contributed by atoms with Gasteiger partial charge in [0.25, 0.3) is 0 Å². The number of nitriles is 1. The molecule has 29 heavy (non-hydrogen) atoms. The maximum atomic E-state index is 12.3. The zero-order chi connectivity index (χ0) is 21.0. The summed E-state index contributed by atoms with van der Waals surface area (Å²) < 4.78 is 0. The topological polar surface area (TPSA) is 78.7 Å². The summed E-state index contributed by atoms with van der Waals surface area (Å²) in [5, 5.41) is 13.2. The van der Waals surface area contributed by atoms with Gasteiger partial charge >= 0.3 is 0 Å².